The van der Waals surface area contributed by atoms with Gasteiger partial charge in [0.15, 0.2) is 14.9 Å². The van der Waals surface area contributed by atoms with Crippen LogP contribution >= 0.6 is 0 Å². The number of pyridine rings is 2. The van der Waals surface area contributed by atoms with Crippen LogP contribution in [0.15, 0.2) is 41.8 Å². The Morgan fingerprint density at radius 1 is 1.00 bits per heavy atom. The average Bonchev–Trinajstić information content (AvgIpc) is 3.33. The Bertz CT molecular complexity index is 1540. The Morgan fingerprint density at radius 2 is 1.69 bits per heavy atom. The number of halogens is 8. The molecule has 0 saturated carbocycles. The molecule has 16 heteroatoms. The summed E-state index contributed by atoms with van der Waals surface area (Å²) in [5, 5.41) is 3.10. The summed E-state index contributed by atoms with van der Waals surface area (Å²) in [5.74, 6) is -5.51. The van der Waals surface area contributed by atoms with E-state index in [1.807, 2.05) is 0 Å². The van der Waals surface area contributed by atoms with Crippen LogP contribution < -0.4 is 0 Å². The van der Waals surface area contributed by atoms with Crippen molar-refractivity contribution >= 4 is 26.4 Å². The maximum Gasteiger partial charge on any atom is 0.455 e. The number of fused-ring (bicyclic) bond motifs is 2. The molecule has 0 saturated heterocycles. The Balaban J connectivity index is 1.87. The normalized spacial score (nSPS) is 13.7. The first kappa shape index (κ1) is 24.8. The van der Waals surface area contributed by atoms with E-state index in [-0.39, 0.29) is 27.9 Å². The second kappa shape index (κ2) is 7.86. The topological polar surface area (TPSA) is 82.1 Å². The average molecular weight is 527 g/mol. The number of imidazole rings is 1. The van der Waals surface area contributed by atoms with Crippen LogP contribution in [0, 0.1) is 0 Å². The molecule has 4 heterocycles. The summed E-state index contributed by atoms with van der Waals surface area (Å²) in [4.78, 5) is 7.93. The molecule has 0 amide bonds. The highest BCUT2D eigenvalue weighted by Gasteiger charge is 2.57. The van der Waals surface area contributed by atoms with Crippen LogP contribution in [0.2, 0.25) is 0 Å². The fourth-order valence-corrected chi connectivity index (χ4v) is 4.48. The molecule has 0 N–H and O–H groups in total. The quantitative estimate of drug-likeness (QED) is 0.350. The fourth-order valence-electron chi connectivity index (χ4n) is 3.31. The van der Waals surface area contributed by atoms with E-state index in [0.717, 1.165) is 29.1 Å². The van der Waals surface area contributed by atoms with Gasteiger partial charge in [0.1, 0.15) is 17.9 Å². The van der Waals surface area contributed by atoms with Crippen LogP contribution in [0.3, 0.4) is 0 Å². The third kappa shape index (κ3) is 4.30. The van der Waals surface area contributed by atoms with Crippen LogP contribution in [-0.4, -0.2) is 50.4 Å². The first-order valence-corrected chi connectivity index (χ1v) is 11.3. The van der Waals surface area contributed by atoms with E-state index in [2.05, 4.69) is 15.1 Å². The first-order valence-electron chi connectivity index (χ1n) is 9.64. The summed E-state index contributed by atoms with van der Waals surface area (Å²) in [5.41, 5.74) is -2.10. The first-order chi connectivity index (χ1) is 16.0. The summed E-state index contributed by atoms with van der Waals surface area (Å²) in [6.45, 7) is -0.505. The molecule has 7 nitrogen and oxygen atoms in total. The zero-order chi connectivity index (χ0) is 26.0. The third-order valence-corrected chi connectivity index (χ3v) is 6.86. The molecule has 0 bridgehead atoms. The number of hydrogen-bond acceptors (Lipinski definition) is 5. The maximum absolute atomic E-state index is 13.5. The fraction of sp³-hybridized carbons (Fsp3) is 0.316. The molecule has 4 rings (SSSR count). The van der Waals surface area contributed by atoms with Crippen molar-refractivity contribution in [2.75, 3.05) is 5.75 Å². The lowest BCUT2D eigenvalue weighted by molar-refractivity contribution is -0.287. The van der Waals surface area contributed by atoms with E-state index < -0.39 is 51.0 Å². The third-order valence-electron chi connectivity index (χ3n) is 5.12. The van der Waals surface area contributed by atoms with Crippen molar-refractivity contribution in [2.45, 2.75) is 36.8 Å². The predicted molar refractivity (Wildman–Crippen MR) is 105 cm³/mol. The SMILES string of the molecule is CCS(=O)(=O)c1c(-c2cc3cnn(CC(F)(F)C(F)(F)F)c3cn2)nc2cc(C(F)(F)F)ccn12. The van der Waals surface area contributed by atoms with Crippen molar-refractivity contribution in [1.82, 2.24) is 24.1 Å². The molecule has 0 fully saturated rings. The van der Waals surface area contributed by atoms with Gasteiger partial charge >= 0.3 is 18.3 Å². The standard InChI is InChI=1S/C19H13F8N5O2S/c1-2-35(33,34)16-15(30-14-6-11(18(22,23)24)3-4-31(14)16)12-5-10-7-29-32(13(10)8-28-12)9-17(20,21)19(25,26)27/h3-8H,2,9H2,1H3. The lowest BCUT2D eigenvalue weighted by Crippen LogP contribution is -2.40. The van der Waals surface area contributed by atoms with E-state index in [9.17, 15) is 43.5 Å². The molecular weight excluding hydrogens is 514 g/mol. The number of alkyl halides is 8. The Labute approximate surface area is 190 Å². The molecule has 0 unspecified atom stereocenters. The van der Waals surface area contributed by atoms with Crippen molar-refractivity contribution in [3.05, 3.63) is 42.4 Å². The molecule has 0 radical (unpaired) electrons. The number of rotatable bonds is 5. The van der Waals surface area contributed by atoms with Crippen LogP contribution in [0.5, 0.6) is 0 Å². The van der Waals surface area contributed by atoms with E-state index in [1.54, 1.807) is 0 Å². The number of sulfone groups is 1. The molecule has 0 aliphatic heterocycles. The molecule has 0 aliphatic carbocycles. The van der Waals surface area contributed by atoms with Gasteiger partial charge in [0.25, 0.3) is 0 Å². The van der Waals surface area contributed by atoms with Gasteiger partial charge in [0, 0.05) is 11.6 Å². The minimum Gasteiger partial charge on any atom is -0.290 e. The van der Waals surface area contributed by atoms with Gasteiger partial charge in [-0.2, -0.15) is 40.2 Å². The Morgan fingerprint density at radius 3 is 2.29 bits per heavy atom. The summed E-state index contributed by atoms with van der Waals surface area (Å²) in [6.07, 6.45) is -7.77. The zero-order valence-corrected chi connectivity index (χ0v) is 18.2. The van der Waals surface area contributed by atoms with Gasteiger partial charge in [-0.05, 0) is 18.2 Å². The van der Waals surface area contributed by atoms with Gasteiger partial charge in [-0.25, -0.2) is 13.4 Å². The second-order valence-electron chi connectivity index (χ2n) is 7.44. The van der Waals surface area contributed by atoms with Gasteiger partial charge in [-0.3, -0.25) is 14.1 Å². The molecule has 0 aliphatic rings. The smallest absolute Gasteiger partial charge is 0.290 e. The molecule has 0 aromatic carbocycles. The van der Waals surface area contributed by atoms with Crippen LogP contribution in [-0.2, 0) is 22.6 Å². The number of aromatic nitrogens is 5. The summed E-state index contributed by atoms with van der Waals surface area (Å²) in [6, 6.07) is 2.47. The molecule has 4 aromatic rings. The van der Waals surface area contributed by atoms with Gasteiger partial charge in [-0.15, -0.1) is 0 Å². The van der Waals surface area contributed by atoms with E-state index in [0.29, 0.717) is 16.8 Å². The van der Waals surface area contributed by atoms with Gasteiger partial charge in [0.2, 0.25) is 0 Å². The molecule has 4 aromatic heterocycles. The number of nitrogens with zero attached hydrogens (tertiary/aromatic N) is 5. The predicted octanol–water partition coefficient (Wildman–Crippen LogP) is 4.76. The molecular formula is C19H13F8N5O2S. The van der Waals surface area contributed by atoms with Crippen LogP contribution in [0.25, 0.3) is 27.9 Å². The molecule has 188 valence electrons. The molecule has 35 heavy (non-hydrogen) atoms. The highest BCUT2D eigenvalue weighted by molar-refractivity contribution is 7.91. The van der Waals surface area contributed by atoms with E-state index in [4.69, 9.17) is 0 Å². The van der Waals surface area contributed by atoms with Gasteiger partial charge in [-0.1, -0.05) is 6.92 Å². The number of hydrogen-bond donors (Lipinski definition) is 0. The maximum atomic E-state index is 13.5. The summed E-state index contributed by atoms with van der Waals surface area (Å²) in [7, 11) is -4.06. The second-order valence-corrected chi connectivity index (χ2v) is 9.64. The largest absolute Gasteiger partial charge is 0.455 e. The van der Waals surface area contributed by atoms with Crippen molar-refractivity contribution in [3.63, 3.8) is 0 Å². The van der Waals surface area contributed by atoms with Crippen molar-refractivity contribution < 1.29 is 43.5 Å². The highest BCUT2D eigenvalue weighted by atomic mass is 32.2. The Kier molecular flexibility index (Phi) is 5.57. The Hall–Kier alpha value is -3.30. The van der Waals surface area contributed by atoms with Crippen molar-refractivity contribution in [1.29, 1.82) is 0 Å². The zero-order valence-electron chi connectivity index (χ0n) is 17.4. The lowest BCUT2D eigenvalue weighted by atomic mass is 10.2. The highest BCUT2D eigenvalue weighted by Crippen LogP contribution is 2.38. The molecule has 0 spiro atoms. The minimum atomic E-state index is -5.81. The monoisotopic (exact) mass is 527 g/mol. The minimum absolute atomic E-state index is 0.0286. The van der Waals surface area contributed by atoms with Crippen LogP contribution in [0.1, 0.15) is 12.5 Å². The van der Waals surface area contributed by atoms with Gasteiger partial charge < -0.3 is 0 Å². The van der Waals surface area contributed by atoms with Gasteiger partial charge in [0.05, 0.1) is 34.9 Å². The van der Waals surface area contributed by atoms with Crippen molar-refractivity contribution in [2.24, 2.45) is 0 Å². The molecule has 0 atom stereocenters. The van der Waals surface area contributed by atoms with Crippen molar-refractivity contribution in [3.8, 4) is 11.4 Å². The van der Waals surface area contributed by atoms with E-state index >= 15 is 0 Å². The summed E-state index contributed by atoms with van der Waals surface area (Å²) >= 11 is 0. The van der Waals surface area contributed by atoms with E-state index in [1.165, 1.54) is 6.92 Å². The summed E-state index contributed by atoms with van der Waals surface area (Å²) < 4.78 is 131. The lowest BCUT2D eigenvalue weighted by Gasteiger charge is -2.19. The van der Waals surface area contributed by atoms with Crippen LogP contribution in [0.4, 0.5) is 35.1 Å².